The van der Waals surface area contributed by atoms with Gasteiger partial charge in [-0.2, -0.15) is 13.2 Å². The standard InChI is InChI=1S/C14H19F3N4O/c1-2-18-13(21-10-5-6-10)20-8-9-22-12-11(14(15,16)17)4-3-7-19-12/h3-4,7,10H,2,5-6,8-9H2,1H3,(H2,18,20,21). The van der Waals surface area contributed by atoms with Crippen molar-refractivity contribution in [2.45, 2.75) is 32.0 Å². The molecule has 0 amide bonds. The average molecular weight is 316 g/mol. The van der Waals surface area contributed by atoms with E-state index in [2.05, 4.69) is 20.6 Å². The van der Waals surface area contributed by atoms with Gasteiger partial charge in [0.05, 0.1) is 6.54 Å². The lowest BCUT2D eigenvalue weighted by Gasteiger charge is -2.12. The zero-order chi connectivity index (χ0) is 16.0. The van der Waals surface area contributed by atoms with Crippen molar-refractivity contribution in [3.63, 3.8) is 0 Å². The molecule has 0 spiro atoms. The normalized spacial score (nSPS) is 15.5. The maximum absolute atomic E-state index is 12.8. The Morgan fingerprint density at radius 3 is 2.86 bits per heavy atom. The van der Waals surface area contributed by atoms with Gasteiger partial charge in [0.15, 0.2) is 5.96 Å². The number of aromatic nitrogens is 1. The molecule has 1 saturated carbocycles. The van der Waals surface area contributed by atoms with E-state index in [1.807, 2.05) is 6.92 Å². The molecule has 0 bridgehead atoms. The minimum atomic E-state index is -4.48. The summed E-state index contributed by atoms with van der Waals surface area (Å²) in [6.45, 7) is 2.94. The molecule has 0 atom stereocenters. The van der Waals surface area contributed by atoms with Crippen LogP contribution in [0.15, 0.2) is 23.3 Å². The molecule has 8 heteroatoms. The van der Waals surface area contributed by atoms with E-state index >= 15 is 0 Å². The Morgan fingerprint density at radius 2 is 2.23 bits per heavy atom. The Hall–Kier alpha value is -1.99. The number of aliphatic imine (C=N–C) groups is 1. The van der Waals surface area contributed by atoms with E-state index in [0.717, 1.165) is 25.5 Å². The van der Waals surface area contributed by atoms with Gasteiger partial charge in [0.25, 0.3) is 0 Å². The van der Waals surface area contributed by atoms with Crippen molar-refractivity contribution in [1.29, 1.82) is 0 Å². The van der Waals surface area contributed by atoms with Gasteiger partial charge in [-0.3, -0.25) is 0 Å². The fraction of sp³-hybridized carbons (Fsp3) is 0.571. The van der Waals surface area contributed by atoms with Gasteiger partial charge < -0.3 is 15.4 Å². The molecular weight excluding hydrogens is 297 g/mol. The highest BCUT2D eigenvalue weighted by Crippen LogP contribution is 2.34. The zero-order valence-corrected chi connectivity index (χ0v) is 12.3. The topological polar surface area (TPSA) is 58.5 Å². The molecule has 1 aromatic rings. The SMILES string of the molecule is CCNC(=NCCOc1ncccc1C(F)(F)F)NC1CC1. The summed E-state index contributed by atoms with van der Waals surface area (Å²) < 4.78 is 43.4. The Morgan fingerprint density at radius 1 is 1.45 bits per heavy atom. The number of rotatable bonds is 6. The summed E-state index contributed by atoms with van der Waals surface area (Å²) >= 11 is 0. The molecule has 2 N–H and O–H groups in total. The number of guanidine groups is 1. The maximum Gasteiger partial charge on any atom is 0.421 e. The second-order valence-electron chi connectivity index (χ2n) is 4.88. The molecule has 1 aliphatic rings. The number of nitrogens with one attached hydrogen (secondary N) is 2. The van der Waals surface area contributed by atoms with Crippen LogP contribution in [-0.4, -0.2) is 36.7 Å². The minimum absolute atomic E-state index is 0.0291. The summed E-state index contributed by atoms with van der Waals surface area (Å²) in [6.07, 6.45) is -0.977. The van der Waals surface area contributed by atoms with Crippen molar-refractivity contribution < 1.29 is 17.9 Å². The highest BCUT2D eigenvalue weighted by Gasteiger charge is 2.34. The van der Waals surface area contributed by atoms with Crippen molar-refractivity contribution in [3.8, 4) is 5.88 Å². The monoisotopic (exact) mass is 316 g/mol. The second kappa shape index (κ2) is 7.33. The lowest BCUT2D eigenvalue weighted by molar-refractivity contribution is -0.139. The number of hydrogen-bond donors (Lipinski definition) is 2. The van der Waals surface area contributed by atoms with Gasteiger partial charge in [-0.15, -0.1) is 0 Å². The van der Waals surface area contributed by atoms with Crippen molar-refractivity contribution in [2.24, 2.45) is 4.99 Å². The summed E-state index contributed by atoms with van der Waals surface area (Å²) in [7, 11) is 0. The van der Waals surface area contributed by atoms with Crippen LogP contribution >= 0.6 is 0 Å². The van der Waals surface area contributed by atoms with Crippen LogP contribution in [0, 0.1) is 0 Å². The smallest absolute Gasteiger partial charge is 0.421 e. The predicted molar refractivity (Wildman–Crippen MR) is 76.9 cm³/mol. The van der Waals surface area contributed by atoms with E-state index in [9.17, 15) is 13.2 Å². The van der Waals surface area contributed by atoms with Gasteiger partial charge >= 0.3 is 6.18 Å². The highest BCUT2D eigenvalue weighted by atomic mass is 19.4. The molecule has 5 nitrogen and oxygen atoms in total. The molecule has 1 aliphatic carbocycles. The number of alkyl halides is 3. The van der Waals surface area contributed by atoms with E-state index < -0.39 is 17.6 Å². The summed E-state index contributed by atoms with van der Waals surface area (Å²) in [5.74, 6) is 0.246. The lowest BCUT2D eigenvalue weighted by Crippen LogP contribution is -2.38. The highest BCUT2D eigenvalue weighted by molar-refractivity contribution is 5.80. The number of halogens is 3. The lowest BCUT2D eigenvalue weighted by atomic mass is 10.2. The Balaban J connectivity index is 1.87. The number of nitrogens with zero attached hydrogens (tertiary/aromatic N) is 2. The number of ether oxygens (including phenoxy) is 1. The molecule has 0 aliphatic heterocycles. The quantitative estimate of drug-likeness (QED) is 0.480. The molecule has 0 radical (unpaired) electrons. The number of pyridine rings is 1. The Kier molecular flexibility index (Phi) is 5.46. The first-order valence-corrected chi connectivity index (χ1v) is 7.20. The van der Waals surface area contributed by atoms with Gasteiger partial charge in [0, 0.05) is 18.8 Å². The van der Waals surface area contributed by atoms with E-state index in [4.69, 9.17) is 4.74 Å². The van der Waals surface area contributed by atoms with Gasteiger partial charge in [-0.1, -0.05) is 0 Å². The maximum atomic E-state index is 12.8. The van der Waals surface area contributed by atoms with E-state index in [0.29, 0.717) is 12.0 Å². The average Bonchev–Trinajstić information content (AvgIpc) is 3.27. The van der Waals surface area contributed by atoms with Crippen LogP contribution in [0.4, 0.5) is 13.2 Å². The van der Waals surface area contributed by atoms with Gasteiger partial charge in [-0.05, 0) is 31.9 Å². The first-order chi connectivity index (χ1) is 10.5. The summed E-state index contributed by atoms with van der Waals surface area (Å²) in [5, 5.41) is 6.29. The molecule has 1 heterocycles. The Labute approximate surface area is 127 Å². The summed E-state index contributed by atoms with van der Waals surface area (Å²) in [6, 6.07) is 2.63. The predicted octanol–water partition coefficient (Wildman–Crippen LogP) is 2.20. The van der Waals surface area contributed by atoms with Crippen LogP contribution in [0.5, 0.6) is 5.88 Å². The van der Waals surface area contributed by atoms with Crippen molar-refractivity contribution in [2.75, 3.05) is 19.7 Å². The largest absolute Gasteiger partial charge is 0.475 e. The van der Waals surface area contributed by atoms with Crippen molar-refractivity contribution in [3.05, 3.63) is 23.9 Å². The molecule has 0 unspecified atom stereocenters. The molecule has 1 fully saturated rings. The van der Waals surface area contributed by atoms with Crippen LogP contribution in [-0.2, 0) is 6.18 Å². The molecule has 0 saturated heterocycles. The van der Waals surface area contributed by atoms with Crippen LogP contribution < -0.4 is 15.4 Å². The van der Waals surface area contributed by atoms with E-state index in [1.165, 1.54) is 12.3 Å². The molecule has 2 rings (SSSR count). The summed E-state index contributed by atoms with van der Waals surface area (Å²) in [4.78, 5) is 7.90. The third-order valence-corrected chi connectivity index (χ3v) is 2.94. The zero-order valence-electron chi connectivity index (χ0n) is 12.3. The number of hydrogen-bond acceptors (Lipinski definition) is 3. The first-order valence-electron chi connectivity index (χ1n) is 7.20. The van der Waals surface area contributed by atoms with Crippen LogP contribution in [0.3, 0.4) is 0 Å². The van der Waals surface area contributed by atoms with Crippen LogP contribution in [0.25, 0.3) is 0 Å². The summed E-state index contributed by atoms with van der Waals surface area (Å²) in [5.41, 5.74) is -0.873. The van der Waals surface area contributed by atoms with Gasteiger partial charge in [0.2, 0.25) is 5.88 Å². The third-order valence-electron chi connectivity index (χ3n) is 2.94. The molecular formula is C14H19F3N4O. The molecule has 1 aromatic heterocycles. The third kappa shape index (κ3) is 5.09. The van der Waals surface area contributed by atoms with Crippen molar-refractivity contribution in [1.82, 2.24) is 15.6 Å². The Bertz CT molecular complexity index is 515. The van der Waals surface area contributed by atoms with E-state index in [-0.39, 0.29) is 13.2 Å². The first kappa shape index (κ1) is 16.4. The minimum Gasteiger partial charge on any atom is -0.475 e. The fourth-order valence-electron chi connectivity index (χ4n) is 1.76. The molecule has 0 aromatic carbocycles. The molecule has 22 heavy (non-hydrogen) atoms. The fourth-order valence-corrected chi connectivity index (χ4v) is 1.76. The second-order valence-corrected chi connectivity index (χ2v) is 4.88. The van der Waals surface area contributed by atoms with Crippen molar-refractivity contribution >= 4 is 5.96 Å². The van der Waals surface area contributed by atoms with Gasteiger partial charge in [-0.25, -0.2) is 9.98 Å². The van der Waals surface area contributed by atoms with E-state index in [1.54, 1.807) is 0 Å². The molecule has 122 valence electrons. The van der Waals surface area contributed by atoms with Crippen LogP contribution in [0.1, 0.15) is 25.3 Å². The van der Waals surface area contributed by atoms with Gasteiger partial charge in [0.1, 0.15) is 12.2 Å². The van der Waals surface area contributed by atoms with Crippen LogP contribution in [0.2, 0.25) is 0 Å².